The summed E-state index contributed by atoms with van der Waals surface area (Å²) in [5.74, 6) is 0.657. The molecule has 2 nitrogen and oxygen atoms in total. The van der Waals surface area contributed by atoms with E-state index in [2.05, 4.69) is 60.4 Å². The minimum absolute atomic E-state index is 0.619. The first kappa shape index (κ1) is 13.2. The monoisotopic (exact) mass is 266 g/mol. The van der Waals surface area contributed by atoms with Crippen LogP contribution < -0.4 is 10.6 Å². The van der Waals surface area contributed by atoms with Gasteiger partial charge in [0.25, 0.3) is 0 Å². The van der Waals surface area contributed by atoms with Crippen molar-refractivity contribution in [2.45, 2.75) is 25.8 Å². The molecule has 0 radical (unpaired) electrons. The first-order chi connectivity index (χ1) is 9.78. The van der Waals surface area contributed by atoms with E-state index in [0.717, 1.165) is 13.1 Å². The van der Waals surface area contributed by atoms with E-state index >= 15 is 0 Å². The van der Waals surface area contributed by atoms with Gasteiger partial charge in [0.1, 0.15) is 0 Å². The Morgan fingerprint density at radius 2 is 1.95 bits per heavy atom. The molecular formula is C18H22N2. The summed E-state index contributed by atoms with van der Waals surface area (Å²) in [5, 5.41) is 0. The van der Waals surface area contributed by atoms with Crippen LogP contribution in [0.5, 0.6) is 0 Å². The minimum Gasteiger partial charge on any atom is -0.371 e. The molecule has 2 heteroatoms. The zero-order valence-electron chi connectivity index (χ0n) is 12.0. The van der Waals surface area contributed by atoms with Crippen molar-refractivity contribution in [3.8, 4) is 0 Å². The third-order valence-electron chi connectivity index (χ3n) is 4.30. The van der Waals surface area contributed by atoms with Gasteiger partial charge in [-0.3, -0.25) is 0 Å². The van der Waals surface area contributed by atoms with Gasteiger partial charge in [0, 0.05) is 31.2 Å². The van der Waals surface area contributed by atoms with Crippen LogP contribution >= 0.6 is 0 Å². The third kappa shape index (κ3) is 2.56. The lowest BCUT2D eigenvalue weighted by atomic mass is 9.99. The van der Waals surface area contributed by atoms with Crippen LogP contribution in [0.3, 0.4) is 0 Å². The fraction of sp³-hybridized carbons (Fsp3) is 0.333. The SMILES string of the molecule is Cc1cc(CN)ccc1N1CCC(c2ccccc2)C1. The zero-order chi connectivity index (χ0) is 13.9. The lowest BCUT2D eigenvalue weighted by Crippen LogP contribution is -2.20. The Hall–Kier alpha value is -1.80. The van der Waals surface area contributed by atoms with Crippen LogP contribution in [0.15, 0.2) is 48.5 Å². The predicted octanol–water partition coefficient (Wildman–Crippen LogP) is 3.45. The summed E-state index contributed by atoms with van der Waals surface area (Å²) in [7, 11) is 0. The topological polar surface area (TPSA) is 29.3 Å². The lowest BCUT2D eigenvalue weighted by molar-refractivity contribution is 0.775. The second-order valence-corrected chi connectivity index (χ2v) is 5.67. The molecule has 0 aromatic heterocycles. The molecule has 2 aromatic rings. The molecule has 1 aliphatic rings. The van der Waals surface area contributed by atoms with E-state index in [1.54, 1.807) is 0 Å². The molecule has 0 spiro atoms. The second-order valence-electron chi connectivity index (χ2n) is 5.67. The van der Waals surface area contributed by atoms with Crippen molar-refractivity contribution >= 4 is 5.69 Å². The Morgan fingerprint density at radius 3 is 2.65 bits per heavy atom. The summed E-state index contributed by atoms with van der Waals surface area (Å²) in [4.78, 5) is 2.51. The van der Waals surface area contributed by atoms with Crippen LogP contribution in [0.4, 0.5) is 5.69 Å². The molecule has 1 unspecified atom stereocenters. The van der Waals surface area contributed by atoms with Crippen molar-refractivity contribution in [3.05, 3.63) is 65.2 Å². The summed E-state index contributed by atoms with van der Waals surface area (Å²) in [5.41, 5.74) is 11.1. The van der Waals surface area contributed by atoms with Crippen LogP contribution in [0.25, 0.3) is 0 Å². The van der Waals surface area contributed by atoms with Gasteiger partial charge in [-0.1, -0.05) is 42.5 Å². The number of hydrogen-bond acceptors (Lipinski definition) is 2. The number of aryl methyl sites for hydroxylation is 1. The normalized spacial score (nSPS) is 18.5. The quantitative estimate of drug-likeness (QED) is 0.922. The molecule has 104 valence electrons. The maximum absolute atomic E-state index is 5.71. The Morgan fingerprint density at radius 1 is 1.15 bits per heavy atom. The van der Waals surface area contributed by atoms with Gasteiger partial charge in [-0.2, -0.15) is 0 Å². The number of anilines is 1. The van der Waals surface area contributed by atoms with Crippen molar-refractivity contribution in [3.63, 3.8) is 0 Å². The first-order valence-corrected chi connectivity index (χ1v) is 7.37. The summed E-state index contributed by atoms with van der Waals surface area (Å²) in [6, 6.07) is 17.5. The fourth-order valence-electron chi connectivity index (χ4n) is 3.18. The number of hydrogen-bond donors (Lipinski definition) is 1. The highest BCUT2D eigenvalue weighted by atomic mass is 15.2. The van der Waals surface area contributed by atoms with Gasteiger partial charge in [0.15, 0.2) is 0 Å². The smallest absolute Gasteiger partial charge is 0.0396 e. The van der Waals surface area contributed by atoms with Crippen LogP contribution in [0, 0.1) is 6.92 Å². The average molecular weight is 266 g/mol. The van der Waals surface area contributed by atoms with Crippen molar-refractivity contribution in [1.29, 1.82) is 0 Å². The molecule has 1 aliphatic heterocycles. The van der Waals surface area contributed by atoms with Crippen LogP contribution in [0.2, 0.25) is 0 Å². The summed E-state index contributed by atoms with van der Waals surface area (Å²) < 4.78 is 0. The maximum Gasteiger partial charge on any atom is 0.0396 e. The molecule has 0 amide bonds. The standard InChI is InChI=1S/C18H22N2/c1-14-11-15(12-19)7-8-18(14)20-10-9-17(13-20)16-5-3-2-4-6-16/h2-8,11,17H,9-10,12-13,19H2,1H3. The van der Waals surface area contributed by atoms with E-state index in [4.69, 9.17) is 5.73 Å². The number of nitrogens with two attached hydrogens (primary N) is 1. The van der Waals surface area contributed by atoms with E-state index in [-0.39, 0.29) is 0 Å². The molecule has 3 rings (SSSR count). The zero-order valence-corrected chi connectivity index (χ0v) is 12.0. The highest BCUT2D eigenvalue weighted by Crippen LogP contribution is 2.32. The Labute approximate surface area is 121 Å². The van der Waals surface area contributed by atoms with Gasteiger partial charge in [-0.25, -0.2) is 0 Å². The molecule has 0 bridgehead atoms. The first-order valence-electron chi connectivity index (χ1n) is 7.37. The van der Waals surface area contributed by atoms with Crippen LogP contribution in [0.1, 0.15) is 29.0 Å². The van der Waals surface area contributed by atoms with Crippen LogP contribution in [-0.2, 0) is 6.54 Å². The summed E-state index contributed by atoms with van der Waals surface area (Å²) in [6.45, 7) is 5.06. The van der Waals surface area contributed by atoms with Crippen molar-refractivity contribution < 1.29 is 0 Å². The molecule has 1 atom stereocenters. The highest BCUT2D eigenvalue weighted by molar-refractivity contribution is 5.55. The van der Waals surface area contributed by atoms with Crippen LogP contribution in [-0.4, -0.2) is 13.1 Å². The Balaban J connectivity index is 1.77. The van der Waals surface area contributed by atoms with Gasteiger partial charge >= 0.3 is 0 Å². The van der Waals surface area contributed by atoms with E-state index in [9.17, 15) is 0 Å². The number of benzene rings is 2. The predicted molar refractivity (Wildman–Crippen MR) is 85.1 cm³/mol. The molecule has 2 N–H and O–H groups in total. The Kier molecular flexibility index (Phi) is 3.75. The van der Waals surface area contributed by atoms with Gasteiger partial charge < -0.3 is 10.6 Å². The minimum atomic E-state index is 0.619. The summed E-state index contributed by atoms with van der Waals surface area (Å²) >= 11 is 0. The molecule has 20 heavy (non-hydrogen) atoms. The number of rotatable bonds is 3. The van der Waals surface area contributed by atoms with Crippen molar-refractivity contribution in [1.82, 2.24) is 0 Å². The van der Waals surface area contributed by atoms with E-state index in [1.807, 2.05) is 0 Å². The molecular weight excluding hydrogens is 244 g/mol. The molecule has 1 heterocycles. The molecule has 1 saturated heterocycles. The van der Waals surface area contributed by atoms with Gasteiger partial charge in [-0.05, 0) is 36.1 Å². The van der Waals surface area contributed by atoms with E-state index < -0.39 is 0 Å². The molecule has 0 saturated carbocycles. The average Bonchev–Trinajstić information content (AvgIpc) is 2.97. The van der Waals surface area contributed by atoms with E-state index in [1.165, 1.54) is 28.8 Å². The highest BCUT2D eigenvalue weighted by Gasteiger charge is 2.24. The third-order valence-corrected chi connectivity index (χ3v) is 4.30. The Bertz CT molecular complexity index is 577. The lowest BCUT2D eigenvalue weighted by Gasteiger charge is -2.21. The van der Waals surface area contributed by atoms with Crippen molar-refractivity contribution in [2.24, 2.45) is 5.73 Å². The molecule has 0 aliphatic carbocycles. The summed E-state index contributed by atoms with van der Waals surface area (Å²) in [6.07, 6.45) is 1.24. The van der Waals surface area contributed by atoms with Gasteiger partial charge in [0.05, 0.1) is 0 Å². The van der Waals surface area contributed by atoms with Crippen molar-refractivity contribution in [2.75, 3.05) is 18.0 Å². The fourth-order valence-corrected chi connectivity index (χ4v) is 3.18. The van der Waals surface area contributed by atoms with E-state index in [0.29, 0.717) is 12.5 Å². The van der Waals surface area contributed by atoms with Gasteiger partial charge in [0.2, 0.25) is 0 Å². The van der Waals surface area contributed by atoms with Gasteiger partial charge in [-0.15, -0.1) is 0 Å². The maximum atomic E-state index is 5.71. The molecule has 1 fully saturated rings. The second kappa shape index (κ2) is 5.68. The molecule has 2 aromatic carbocycles. The largest absolute Gasteiger partial charge is 0.371 e. The number of nitrogens with zero attached hydrogens (tertiary/aromatic N) is 1.